The fraction of sp³-hybridized carbons (Fsp3) is 0.143. The number of halogens is 1. The number of benzene rings is 1. The summed E-state index contributed by atoms with van der Waals surface area (Å²) in [6, 6.07) is 10.7. The van der Waals surface area contributed by atoms with Crippen molar-refractivity contribution in [2.45, 2.75) is 4.83 Å². The third kappa shape index (κ3) is 2.76. The summed E-state index contributed by atoms with van der Waals surface area (Å²) in [6.07, 6.45) is 3.36. The Labute approximate surface area is 114 Å². The number of ether oxygens (including phenoxy) is 1. The lowest BCUT2D eigenvalue weighted by molar-refractivity contribution is 0.0991. The Kier molecular flexibility index (Phi) is 4.10. The summed E-state index contributed by atoms with van der Waals surface area (Å²) in [5, 5.41) is 0. The second-order valence-electron chi connectivity index (χ2n) is 3.74. The van der Waals surface area contributed by atoms with Crippen molar-refractivity contribution in [2.75, 3.05) is 7.11 Å². The molecule has 4 heteroatoms. The first-order valence-corrected chi connectivity index (χ1v) is 6.36. The molecule has 1 unspecified atom stereocenters. The topological polar surface area (TPSA) is 39.2 Å². The van der Waals surface area contributed by atoms with Gasteiger partial charge in [0, 0.05) is 18.0 Å². The van der Waals surface area contributed by atoms with Gasteiger partial charge in [-0.3, -0.25) is 9.78 Å². The van der Waals surface area contributed by atoms with Crippen molar-refractivity contribution in [1.29, 1.82) is 0 Å². The lowest BCUT2D eigenvalue weighted by atomic mass is 10.0. The number of methoxy groups -OCH3 is 1. The molecule has 0 N–H and O–H groups in total. The zero-order chi connectivity index (χ0) is 13.0. The van der Waals surface area contributed by atoms with Crippen LogP contribution in [0.4, 0.5) is 0 Å². The fourth-order valence-corrected chi connectivity index (χ4v) is 2.11. The molecule has 2 rings (SSSR count). The number of hydrogen-bond donors (Lipinski definition) is 0. The van der Waals surface area contributed by atoms with Crippen molar-refractivity contribution in [2.24, 2.45) is 0 Å². The van der Waals surface area contributed by atoms with Crippen LogP contribution < -0.4 is 4.74 Å². The highest BCUT2D eigenvalue weighted by Gasteiger charge is 2.18. The second-order valence-corrected chi connectivity index (χ2v) is 4.66. The Morgan fingerprint density at radius 2 is 2.00 bits per heavy atom. The van der Waals surface area contributed by atoms with Crippen LogP contribution in [0.3, 0.4) is 0 Å². The maximum absolute atomic E-state index is 12.2. The van der Waals surface area contributed by atoms with Crippen LogP contribution in [-0.2, 0) is 0 Å². The fourth-order valence-electron chi connectivity index (χ4n) is 1.58. The van der Waals surface area contributed by atoms with Gasteiger partial charge in [-0.05, 0) is 35.9 Å². The van der Waals surface area contributed by atoms with Gasteiger partial charge in [0.25, 0.3) is 0 Å². The monoisotopic (exact) mass is 305 g/mol. The molecular weight excluding hydrogens is 294 g/mol. The molecule has 0 aliphatic carbocycles. The van der Waals surface area contributed by atoms with E-state index in [9.17, 15) is 4.79 Å². The summed E-state index contributed by atoms with van der Waals surface area (Å²) in [5.74, 6) is 0.740. The van der Waals surface area contributed by atoms with Crippen molar-refractivity contribution in [3.8, 4) is 5.75 Å². The first kappa shape index (κ1) is 12.8. The highest BCUT2D eigenvalue weighted by atomic mass is 79.9. The lowest BCUT2D eigenvalue weighted by Crippen LogP contribution is -2.07. The highest BCUT2D eigenvalue weighted by molar-refractivity contribution is 9.09. The standard InChI is InChI=1S/C14H12BrNO2/c1-18-12-6-4-10(5-7-12)14(17)13(15)11-3-2-8-16-9-11/h2-9,13H,1H3. The molecule has 0 aliphatic heterocycles. The van der Waals surface area contributed by atoms with Crippen LogP contribution in [0.2, 0.25) is 0 Å². The predicted molar refractivity (Wildman–Crippen MR) is 73.2 cm³/mol. The van der Waals surface area contributed by atoms with Crippen LogP contribution in [0.1, 0.15) is 20.7 Å². The van der Waals surface area contributed by atoms with E-state index >= 15 is 0 Å². The molecule has 1 aromatic heterocycles. The average Bonchev–Trinajstić information content (AvgIpc) is 2.47. The lowest BCUT2D eigenvalue weighted by Gasteiger charge is -2.09. The van der Waals surface area contributed by atoms with Crippen molar-refractivity contribution < 1.29 is 9.53 Å². The molecule has 0 bridgehead atoms. The van der Waals surface area contributed by atoms with Gasteiger partial charge in [-0.1, -0.05) is 22.0 Å². The number of pyridine rings is 1. The van der Waals surface area contributed by atoms with E-state index in [0.29, 0.717) is 5.56 Å². The first-order chi connectivity index (χ1) is 8.72. The third-order valence-electron chi connectivity index (χ3n) is 2.58. The maximum Gasteiger partial charge on any atom is 0.180 e. The SMILES string of the molecule is COc1ccc(C(=O)C(Br)c2cccnc2)cc1. The zero-order valence-electron chi connectivity index (χ0n) is 9.84. The summed E-state index contributed by atoms with van der Waals surface area (Å²) in [5.41, 5.74) is 1.49. The summed E-state index contributed by atoms with van der Waals surface area (Å²) >= 11 is 3.40. The first-order valence-electron chi connectivity index (χ1n) is 5.44. The van der Waals surface area contributed by atoms with Crippen LogP contribution in [0.15, 0.2) is 48.8 Å². The number of rotatable bonds is 4. The molecule has 0 saturated heterocycles. The van der Waals surface area contributed by atoms with Gasteiger partial charge in [0.1, 0.15) is 10.6 Å². The van der Waals surface area contributed by atoms with Crippen molar-refractivity contribution >= 4 is 21.7 Å². The van der Waals surface area contributed by atoms with Crippen LogP contribution in [-0.4, -0.2) is 17.9 Å². The van der Waals surface area contributed by atoms with Gasteiger partial charge in [-0.25, -0.2) is 0 Å². The summed E-state index contributed by atoms with van der Waals surface area (Å²) in [6.45, 7) is 0. The van der Waals surface area contributed by atoms with Crippen LogP contribution in [0, 0.1) is 0 Å². The average molecular weight is 306 g/mol. The Bertz CT molecular complexity index is 525. The second kappa shape index (κ2) is 5.78. The van der Waals surface area contributed by atoms with Gasteiger partial charge in [-0.2, -0.15) is 0 Å². The Morgan fingerprint density at radius 3 is 2.56 bits per heavy atom. The molecule has 1 atom stereocenters. The molecule has 92 valence electrons. The molecular formula is C14H12BrNO2. The quantitative estimate of drug-likeness (QED) is 0.642. The number of alkyl halides is 1. The van der Waals surface area contributed by atoms with Gasteiger partial charge in [0.15, 0.2) is 5.78 Å². The minimum atomic E-state index is -0.375. The van der Waals surface area contributed by atoms with Crippen molar-refractivity contribution in [3.63, 3.8) is 0 Å². The Hall–Kier alpha value is -1.68. The minimum Gasteiger partial charge on any atom is -0.497 e. The molecule has 0 aliphatic rings. The highest BCUT2D eigenvalue weighted by Crippen LogP contribution is 2.27. The van der Waals surface area contributed by atoms with E-state index in [1.807, 2.05) is 12.1 Å². The van der Waals surface area contributed by atoms with Crippen LogP contribution >= 0.6 is 15.9 Å². The van der Waals surface area contributed by atoms with E-state index in [4.69, 9.17) is 4.74 Å². The molecule has 2 aromatic rings. The van der Waals surface area contributed by atoms with E-state index in [1.54, 1.807) is 43.8 Å². The molecule has 3 nitrogen and oxygen atoms in total. The summed E-state index contributed by atoms with van der Waals surface area (Å²) in [7, 11) is 1.60. The minimum absolute atomic E-state index is 0.00523. The Balaban J connectivity index is 2.20. The number of Topliss-reactive ketones (excluding diaryl/α,β-unsaturated/α-hetero) is 1. The van der Waals surface area contributed by atoms with E-state index in [0.717, 1.165) is 11.3 Å². The normalized spacial score (nSPS) is 11.9. The molecule has 1 aromatic carbocycles. The van der Waals surface area contributed by atoms with Crippen LogP contribution in [0.25, 0.3) is 0 Å². The van der Waals surface area contributed by atoms with Gasteiger partial charge in [0.05, 0.1) is 7.11 Å². The number of aromatic nitrogens is 1. The Morgan fingerprint density at radius 1 is 1.28 bits per heavy atom. The number of carbonyl (C=O) groups is 1. The largest absolute Gasteiger partial charge is 0.497 e. The van der Waals surface area contributed by atoms with Crippen molar-refractivity contribution in [1.82, 2.24) is 4.98 Å². The molecule has 0 radical (unpaired) electrons. The molecule has 0 fully saturated rings. The third-order valence-corrected chi connectivity index (χ3v) is 3.53. The maximum atomic E-state index is 12.2. The summed E-state index contributed by atoms with van der Waals surface area (Å²) < 4.78 is 5.06. The van der Waals surface area contributed by atoms with E-state index in [2.05, 4.69) is 20.9 Å². The number of nitrogens with zero attached hydrogens (tertiary/aromatic N) is 1. The van der Waals surface area contributed by atoms with Gasteiger partial charge < -0.3 is 4.74 Å². The van der Waals surface area contributed by atoms with E-state index in [1.165, 1.54) is 0 Å². The number of ketones is 1. The smallest absolute Gasteiger partial charge is 0.180 e. The van der Waals surface area contributed by atoms with E-state index < -0.39 is 0 Å². The zero-order valence-corrected chi connectivity index (χ0v) is 11.4. The molecule has 18 heavy (non-hydrogen) atoms. The number of carbonyl (C=O) groups excluding carboxylic acids is 1. The predicted octanol–water partition coefficient (Wildman–Crippen LogP) is 3.41. The van der Waals surface area contributed by atoms with Crippen molar-refractivity contribution in [3.05, 3.63) is 59.9 Å². The van der Waals surface area contributed by atoms with E-state index in [-0.39, 0.29) is 10.6 Å². The molecule has 0 saturated carbocycles. The summed E-state index contributed by atoms with van der Waals surface area (Å²) in [4.78, 5) is 15.9. The molecule has 0 amide bonds. The van der Waals surface area contributed by atoms with Gasteiger partial charge in [0.2, 0.25) is 0 Å². The van der Waals surface area contributed by atoms with Gasteiger partial charge >= 0.3 is 0 Å². The number of hydrogen-bond acceptors (Lipinski definition) is 3. The van der Waals surface area contributed by atoms with Crippen LogP contribution in [0.5, 0.6) is 5.75 Å². The molecule has 1 heterocycles. The molecule has 0 spiro atoms. The van der Waals surface area contributed by atoms with Gasteiger partial charge in [-0.15, -0.1) is 0 Å².